The van der Waals surface area contributed by atoms with Crippen molar-refractivity contribution in [3.63, 3.8) is 0 Å². The smallest absolute Gasteiger partial charge is 0.142 e. The Morgan fingerprint density at radius 2 is 2.21 bits per heavy atom. The SMILES string of the molecule is CCc1cc(CC(=O)C2CCCC2(C)C)n(CC)n1. The number of nitrogens with zero attached hydrogens (tertiary/aromatic N) is 2. The van der Waals surface area contributed by atoms with Crippen molar-refractivity contribution < 1.29 is 4.79 Å². The Kier molecular flexibility index (Phi) is 4.12. The summed E-state index contributed by atoms with van der Waals surface area (Å²) in [6.45, 7) is 9.50. The van der Waals surface area contributed by atoms with Crippen molar-refractivity contribution >= 4 is 5.78 Å². The Morgan fingerprint density at radius 1 is 1.47 bits per heavy atom. The molecule has 3 heteroatoms. The van der Waals surface area contributed by atoms with Gasteiger partial charge in [-0.1, -0.05) is 27.2 Å². The summed E-state index contributed by atoms with van der Waals surface area (Å²) in [5.74, 6) is 0.637. The van der Waals surface area contributed by atoms with Crippen LogP contribution in [0.4, 0.5) is 0 Å². The van der Waals surface area contributed by atoms with Crippen LogP contribution in [-0.4, -0.2) is 15.6 Å². The molecule has 0 radical (unpaired) electrons. The van der Waals surface area contributed by atoms with Crippen LogP contribution in [0.25, 0.3) is 0 Å². The Hall–Kier alpha value is -1.12. The summed E-state index contributed by atoms with van der Waals surface area (Å²) in [5, 5.41) is 4.53. The highest BCUT2D eigenvalue weighted by molar-refractivity contribution is 5.84. The van der Waals surface area contributed by atoms with Gasteiger partial charge in [0, 0.05) is 24.6 Å². The minimum absolute atomic E-state index is 0.182. The average molecular weight is 262 g/mol. The number of hydrogen-bond acceptors (Lipinski definition) is 2. The summed E-state index contributed by atoms with van der Waals surface area (Å²) in [4.78, 5) is 12.6. The molecule has 0 spiro atoms. The van der Waals surface area contributed by atoms with Gasteiger partial charge in [-0.3, -0.25) is 9.48 Å². The fourth-order valence-electron chi connectivity index (χ4n) is 3.33. The molecule has 0 N–H and O–H groups in total. The number of hydrogen-bond donors (Lipinski definition) is 0. The molecule has 1 saturated carbocycles. The number of Topliss-reactive ketones (excluding diaryl/α,β-unsaturated/α-hetero) is 1. The first kappa shape index (κ1) is 14.3. The fraction of sp³-hybridized carbons (Fsp3) is 0.750. The summed E-state index contributed by atoms with van der Waals surface area (Å²) in [6, 6.07) is 2.10. The van der Waals surface area contributed by atoms with Crippen molar-refractivity contribution in [2.75, 3.05) is 0 Å². The van der Waals surface area contributed by atoms with Crippen LogP contribution in [-0.2, 0) is 24.2 Å². The maximum atomic E-state index is 12.6. The van der Waals surface area contributed by atoms with Crippen molar-refractivity contribution in [2.24, 2.45) is 11.3 Å². The van der Waals surface area contributed by atoms with Gasteiger partial charge >= 0.3 is 0 Å². The lowest BCUT2D eigenvalue weighted by molar-refractivity contribution is -0.124. The van der Waals surface area contributed by atoms with Crippen LogP contribution in [0.2, 0.25) is 0 Å². The van der Waals surface area contributed by atoms with E-state index in [-0.39, 0.29) is 11.3 Å². The lowest BCUT2D eigenvalue weighted by atomic mass is 9.78. The predicted molar refractivity (Wildman–Crippen MR) is 77.1 cm³/mol. The molecule has 19 heavy (non-hydrogen) atoms. The molecule has 1 unspecified atom stereocenters. The lowest BCUT2D eigenvalue weighted by Gasteiger charge is -2.25. The number of aryl methyl sites for hydroxylation is 2. The first-order valence-electron chi connectivity index (χ1n) is 7.56. The van der Waals surface area contributed by atoms with Gasteiger partial charge in [0.15, 0.2) is 0 Å². The van der Waals surface area contributed by atoms with Crippen LogP contribution in [0.15, 0.2) is 6.07 Å². The molecular formula is C16H26N2O. The molecule has 0 amide bonds. The van der Waals surface area contributed by atoms with E-state index >= 15 is 0 Å². The summed E-state index contributed by atoms with van der Waals surface area (Å²) < 4.78 is 1.98. The number of carbonyl (C=O) groups is 1. The fourth-order valence-corrected chi connectivity index (χ4v) is 3.33. The Bertz CT molecular complexity index is 459. The van der Waals surface area contributed by atoms with Crippen molar-refractivity contribution in [3.05, 3.63) is 17.5 Å². The predicted octanol–water partition coefficient (Wildman–Crippen LogP) is 3.40. The van der Waals surface area contributed by atoms with Gasteiger partial charge in [0.05, 0.1) is 5.69 Å². The van der Waals surface area contributed by atoms with E-state index in [1.165, 1.54) is 12.8 Å². The molecule has 0 bridgehead atoms. The molecular weight excluding hydrogens is 236 g/mol. The minimum atomic E-state index is 0.182. The van der Waals surface area contributed by atoms with Gasteiger partial charge in [-0.05, 0) is 37.7 Å². The second-order valence-corrected chi connectivity index (χ2v) is 6.37. The molecule has 1 atom stereocenters. The second-order valence-electron chi connectivity index (χ2n) is 6.37. The third kappa shape index (κ3) is 2.90. The zero-order chi connectivity index (χ0) is 14.0. The molecule has 1 aliphatic rings. The summed E-state index contributed by atoms with van der Waals surface area (Å²) in [5.41, 5.74) is 2.37. The maximum absolute atomic E-state index is 12.6. The summed E-state index contributed by atoms with van der Waals surface area (Å²) in [7, 11) is 0. The van der Waals surface area contributed by atoms with E-state index in [4.69, 9.17) is 0 Å². The van der Waals surface area contributed by atoms with E-state index in [1.807, 2.05) is 4.68 Å². The first-order chi connectivity index (χ1) is 8.97. The highest BCUT2D eigenvalue weighted by Gasteiger charge is 2.39. The number of aromatic nitrogens is 2. The van der Waals surface area contributed by atoms with Gasteiger partial charge in [0.1, 0.15) is 5.78 Å². The standard InChI is InChI=1S/C16H26N2O/c1-5-12-10-13(18(6-2)17-12)11-15(19)14-8-7-9-16(14,3)4/h10,14H,5-9,11H2,1-4H3. The number of rotatable bonds is 5. The Labute approximate surface area is 116 Å². The van der Waals surface area contributed by atoms with Crippen LogP contribution < -0.4 is 0 Å². The molecule has 0 aliphatic heterocycles. The van der Waals surface area contributed by atoms with E-state index in [0.717, 1.165) is 30.8 Å². The number of carbonyl (C=O) groups excluding carboxylic acids is 1. The maximum Gasteiger partial charge on any atom is 0.142 e. The quantitative estimate of drug-likeness (QED) is 0.815. The van der Waals surface area contributed by atoms with Gasteiger partial charge < -0.3 is 0 Å². The zero-order valence-corrected chi connectivity index (χ0v) is 12.7. The molecule has 0 saturated heterocycles. The van der Waals surface area contributed by atoms with E-state index in [1.54, 1.807) is 0 Å². The molecule has 1 heterocycles. The monoisotopic (exact) mass is 262 g/mol. The molecule has 1 aromatic rings. The van der Waals surface area contributed by atoms with E-state index in [9.17, 15) is 4.79 Å². The Balaban J connectivity index is 2.12. The summed E-state index contributed by atoms with van der Waals surface area (Å²) in [6.07, 6.45) is 4.91. The second kappa shape index (κ2) is 5.48. The normalized spacial score (nSPS) is 21.8. The van der Waals surface area contributed by atoms with Gasteiger partial charge in [-0.25, -0.2) is 0 Å². The van der Waals surface area contributed by atoms with Gasteiger partial charge in [0.2, 0.25) is 0 Å². The number of ketones is 1. The van der Waals surface area contributed by atoms with Gasteiger partial charge in [-0.2, -0.15) is 5.10 Å². The van der Waals surface area contributed by atoms with Crippen LogP contribution in [0.5, 0.6) is 0 Å². The minimum Gasteiger partial charge on any atom is -0.299 e. The van der Waals surface area contributed by atoms with Crippen LogP contribution in [0.3, 0.4) is 0 Å². The van der Waals surface area contributed by atoms with Gasteiger partial charge in [-0.15, -0.1) is 0 Å². The highest BCUT2D eigenvalue weighted by Crippen LogP contribution is 2.43. The van der Waals surface area contributed by atoms with Crippen molar-refractivity contribution in [3.8, 4) is 0 Å². The van der Waals surface area contributed by atoms with Crippen LogP contribution >= 0.6 is 0 Å². The first-order valence-corrected chi connectivity index (χ1v) is 7.56. The molecule has 2 rings (SSSR count). The van der Waals surface area contributed by atoms with E-state index < -0.39 is 0 Å². The average Bonchev–Trinajstić information content (AvgIpc) is 2.91. The molecule has 3 nitrogen and oxygen atoms in total. The third-order valence-electron chi connectivity index (χ3n) is 4.58. The van der Waals surface area contributed by atoms with Crippen LogP contribution in [0, 0.1) is 11.3 Å². The van der Waals surface area contributed by atoms with Crippen LogP contribution in [0.1, 0.15) is 58.3 Å². The van der Waals surface area contributed by atoms with Gasteiger partial charge in [0.25, 0.3) is 0 Å². The van der Waals surface area contributed by atoms with Crippen molar-refractivity contribution in [1.29, 1.82) is 0 Å². The topological polar surface area (TPSA) is 34.9 Å². The molecule has 1 aliphatic carbocycles. The van der Waals surface area contributed by atoms with Crippen molar-refractivity contribution in [1.82, 2.24) is 9.78 Å². The molecule has 1 aromatic heterocycles. The van der Waals surface area contributed by atoms with Crippen molar-refractivity contribution in [2.45, 2.75) is 66.3 Å². The largest absolute Gasteiger partial charge is 0.299 e. The van der Waals surface area contributed by atoms with E-state index in [0.29, 0.717) is 12.2 Å². The highest BCUT2D eigenvalue weighted by atomic mass is 16.1. The lowest BCUT2D eigenvalue weighted by Crippen LogP contribution is -2.27. The molecule has 106 valence electrons. The molecule has 1 fully saturated rings. The van der Waals surface area contributed by atoms with E-state index in [2.05, 4.69) is 38.9 Å². The third-order valence-corrected chi connectivity index (χ3v) is 4.58. The zero-order valence-electron chi connectivity index (χ0n) is 12.7. The Morgan fingerprint density at radius 3 is 2.74 bits per heavy atom. The summed E-state index contributed by atoms with van der Waals surface area (Å²) >= 11 is 0. The molecule has 0 aromatic carbocycles.